The van der Waals surface area contributed by atoms with E-state index in [9.17, 15) is 4.79 Å². The third kappa shape index (κ3) is 3.14. The van der Waals surface area contributed by atoms with E-state index in [1.165, 1.54) is 11.1 Å². The Balaban J connectivity index is 1.74. The number of imidazole rings is 1. The number of carbonyl (C=O) groups is 1. The Morgan fingerprint density at radius 1 is 1.21 bits per heavy atom. The standard InChI is InChI=1S/C22H25ClN4O/c1-13-6-7-19(23)14(2)18(13)11-24-20-10-17(22(28)26-8-5-9-26)12-27-16(4)15(3)25-21(20)27/h6-7,10,12,24H,5,8-9,11H2,1-4H3. The van der Waals surface area contributed by atoms with E-state index in [4.69, 9.17) is 16.6 Å². The fourth-order valence-corrected chi connectivity index (χ4v) is 3.82. The molecule has 3 heterocycles. The topological polar surface area (TPSA) is 49.6 Å². The summed E-state index contributed by atoms with van der Waals surface area (Å²) in [4.78, 5) is 19.4. The highest BCUT2D eigenvalue weighted by Gasteiger charge is 2.23. The van der Waals surface area contributed by atoms with Gasteiger partial charge in [0.25, 0.3) is 5.91 Å². The highest BCUT2D eigenvalue weighted by atomic mass is 35.5. The molecule has 0 unspecified atom stereocenters. The van der Waals surface area contributed by atoms with E-state index >= 15 is 0 Å². The Morgan fingerprint density at radius 2 is 1.96 bits per heavy atom. The summed E-state index contributed by atoms with van der Waals surface area (Å²) >= 11 is 6.32. The van der Waals surface area contributed by atoms with Crippen LogP contribution in [-0.2, 0) is 6.54 Å². The Labute approximate surface area is 170 Å². The van der Waals surface area contributed by atoms with Gasteiger partial charge in [-0.2, -0.15) is 0 Å². The van der Waals surface area contributed by atoms with Crippen molar-refractivity contribution in [3.8, 4) is 0 Å². The van der Waals surface area contributed by atoms with E-state index in [0.717, 1.165) is 52.8 Å². The van der Waals surface area contributed by atoms with Crippen molar-refractivity contribution in [1.82, 2.24) is 14.3 Å². The van der Waals surface area contributed by atoms with Crippen LogP contribution in [-0.4, -0.2) is 33.3 Å². The molecule has 146 valence electrons. The molecule has 5 nitrogen and oxygen atoms in total. The van der Waals surface area contributed by atoms with Gasteiger partial charge in [-0.1, -0.05) is 17.7 Å². The van der Waals surface area contributed by atoms with Crippen LogP contribution in [0, 0.1) is 27.7 Å². The molecule has 1 aromatic carbocycles. The molecule has 1 aliphatic rings. The van der Waals surface area contributed by atoms with Gasteiger partial charge in [-0.25, -0.2) is 4.98 Å². The van der Waals surface area contributed by atoms with Crippen molar-refractivity contribution in [3.05, 3.63) is 63.1 Å². The largest absolute Gasteiger partial charge is 0.378 e. The third-order valence-corrected chi connectivity index (χ3v) is 6.22. The number of pyridine rings is 1. The molecule has 1 fully saturated rings. The summed E-state index contributed by atoms with van der Waals surface area (Å²) in [5.41, 5.74) is 7.84. The summed E-state index contributed by atoms with van der Waals surface area (Å²) in [5.74, 6) is 0.0806. The highest BCUT2D eigenvalue weighted by Crippen LogP contribution is 2.27. The van der Waals surface area contributed by atoms with Gasteiger partial charge in [0.05, 0.1) is 16.9 Å². The molecule has 0 aliphatic carbocycles. The second-order valence-electron chi connectivity index (χ2n) is 7.59. The average molecular weight is 397 g/mol. The molecule has 28 heavy (non-hydrogen) atoms. The molecule has 0 spiro atoms. The fraction of sp³-hybridized carbons (Fsp3) is 0.364. The zero-order chi connectivity index (χ0) is 20.0. The minimum absolute atomic E-state index is 0.0806. The smallest absolute Gasteiger partial charge is 0.255 e. The Hall–Kier alpha value is -2.53. The minimum Gasteiger partial charge on any atom is -0.378 e. The van der Waals surface area contributed by atoms with Gasteiger partial charge < -0.3 is 14.6 Å². The van der Waals surface area contributed by atoms with Gasteiger partial charge in [-0.15, -0.1) is 0 Å². The maximum Gasteiger partial charge on any atom is 0.255 e. The van der Waals surface area contributed by atoms with E-state index in [1.54, 1.807) is 0 Å². The number of halogens is 1. The van der Waals surface area contributed by atoms with Crippen LogP contribution in [0.2, 0.25) is 5.02 Å². The summed E-state index contributed by atoms with van der Waals surface area (Å²) < 4.78 is 2.02. The lowest BCUT2D eigenvalue weighted by Crippen LogP contribution is -2.42. The van der Waals surface area contributed by atoms with Gasteiger partial charge in [0.1, 0.15) is 0 Å². The normalized spacial score (nSPS) is 13.7. The first-order valence-corrected chi connectivity index (χ1v) is 10.0. The monoisotopic (exact) mass is 396 g/mol. The van der Waals surface area contributed by atoms with Crippen LogP contribution in [0.4, 0.5) is 5.69 Å². The van der Waals surface area contributed by atoms with Crippen LogP contribution < -0.4 is 5.32 Å². The van der Waals surface area contributed by atoms with Crippen molar-refractivity contribution in [1.29, 1.82) is 0 Å². The summed E-state index contributed by atoms with van der Waals surface area (Å²) in [7, 11) is 0. The molecule has 0 bridgehead atoms. The molecular formula is C22H25ClN4O. The van der Waals surface area contributed by atoms with Gasteiger partial charge in [-0.05, 0) is 62.9 Å². The number of rotatable bonds is 4. The SMILES string of the molecule is Cc1ccc(Cl)c(C)c1CNc1cc(C(=O)N2CCC2)cn2c(C)c(C)nc12. The molecule has 4 rings (SSSR count). The molecule has 1 aliphatic heterocycles. The van der Waals surface area contributed by atoms with E-state index in [0.29, 0.717) is 12.1 Å². The maximum atomic E-state index is 12.8. The minimum atomic E-state index is 0.0806. The number of aromatic nitrogens is 2. The Bertz CT molecular complexity index is 1080. The number of hydrogen-bond donors (Lipinski definition) is 1. The predicted molar refractivity (Wildman–Crippen MR) is 113 cm³/mol. The molecule has 1 saturated heterocycles. The number of aryl methyl sites for hydroxylation is 3. The number of nitrogens with one attached hydrogen (secondary N) is 1. The highest BCUT2D eigenvalue weighted by molar-refractivity contribution is 6.31. The van der Waals surface area contributed by atoms with Crippen LogP contribution in [0.25, 0.3) is 5.65 Å². The summed E-state index contributed by atoms with van der Waals surface area (Å²) in [6, 6.07) is 5.90. The number of fused-ring (bicyclic) bond motifs is 1. The maximum absolute atomic E-state index is 12.8. The van der Waals surface area contributed by atoms with Crippen LogP contribution in [0.5, 0.6) is 0 Å². The molecule has 6 heteroatoms. The third-order valence-electron chi connectivity index (χ3n) is 5.81. The lowest BCUT2D eigenvalue weighted by atomic mass is 10.0. The number of anilines is 1. The number of hydrogen-bond acceptors (Lipinski definition) is 3. The van der Waals surface area contributed by atoms with Crippen molar-refractivity contribution >= 4 is 28.8 Å². The molecule has 0 radical (unpaired) electrons. The molecule has 2 aromatic heterocycles. The Morgan fingerprint density at radius 3 is 2.64 bits per heavy atom. The second kappa shape index (κ2) is 7.13. The van der Waals surface area contributed by atoms with Gasteiger partial charge in [-0.3, -0.25) is 4.79 Å². The van der Waals surface area contributed by atoms with Crippen LogP contribution >= 0.6 is 11.6 Å². The van der Waals surface area contributed by atoms with E-state index < -0.39 is 0 Å². The lowest BCUT2D eigenvalue weighted by Gasteiger charge is -2.31. The summed E-state index contributed by atoms with van der Waals surface area (Å²) in [6.07, 6.45) is 2.99. The van der Waals surface area contributed by atoms with Gasteiger partial charge in [0, 0.05) is 36.5 Å². The van der Waals surface area contributed by atoms with Crippen molar-refractivity contribution in [2.24, 2.45) is 0 Å². The molecule has 1 amide bonds. The summed E-state index contributed by atoms with van der Waals surface area (Å²) in [5, 5.41) is 4.28. The molecular weight excluding hydrogens is 372 g/mol. The van der Waals surface area contributed by atoms with Gasteiger partial charge in [0.15, 0.2) is 5.65 Å². The van der Waals surface area contributed by atoms with Crippen LogP contribution in [0.15, 0.2) is 24.4 Å². The van der Waals surface area contributed by atoms with Crippen LogP contribution in [0.3, 0.4) is 0 Å². The van der Waals surface area contributed by atoms with Crippen molar-refractivity contribution in [3.63, 3.8) is 0 Å². The quantitative estimate of drug-likeness (QED) is 0.696. The molecule has 0 atom stereocenters. The average Bonchev–Trinajstić information content (AvgIpc) is 2.91. The van der Waals surface area contributed by atoms with E-state index in [2.05, 4.69) is 12.2 Å². The van der Waals surface area contributed by atoms with E-state index in [1.807, 2.05) is 54.5 Å². The lowest BCUT2D eigenvalue weighted by molar-refractivity contribution is 0.0651. The second-order valence-corrected chi connectivity index (χ2v) is 7.99. The number of likely N-dealkylation sites (tertiary alicyclic amines) is 1. The zero-order valence-corrected chi connectivity index (χ0v) is 17.5. The van der Waals surface area contributed by atoms with E-state index in [-0.39, 0.29) is 5.91 Å². The molecule has 1 N–H and O–H groups in total. The van der Waals surface area contributed by atoms with Crippen molar-refractivity contribution in [2.45, 2.75) is 40.7 Å². The first-order chi connectivity index (χ1) is 13.4. The summed E-state index contributed by atoms with van der Waals surface area (Å²) in [6.45, 7) is 10.4. The van der Waals surface area contributed by atoms with Gasteiger partial charge >= 0.3 is 0 Å². The molecule has 3 aromatic rings. The van der Waals surface area contributed by atoms with Crippen molar-refractivity contribution in [2.75, 3.05) is 18.4 Å². The Kier molecular flexibility index (Phi) is 4.79. The number of benzene rings is 1. The number of nitrogens with zero attached hydrogens (tertiary/aromatic N) is 3. The first kappa shape index (κ1) is 18.8. The number of amides is 1. The zero-order valence-electron chi connectivity index (χ0n) is 16.8. The van der Waals surface area contributed by atoms with Crippen LogP contribution in [0.1, 0.15) is 44.9 Å². The fourth-order valence-electron chi connectivity index (χ4n) is 3.64. The first-order valence-electron chi connectivity index (χ1n) is 9.64. The number of carbonyl (C=O) groups excluding carboxylic acids is 1. The van der Waals surface area contributed by atoms with Crippen molar-refractivity contribution < 1.29 is 4.79 Å². The predicted octanol–water partition coefficient (Wildman–Crippen LogP) is 4.68. The molecule has 0 saturated carbocycles. The van der Waals surface area contributed by atoms with Gasteiger partial charge in [0.2, 0.25) is 0 Å².